The lowest BCUT2D eigenvalue weighted by atomic mass is 10.7. The Morgan fingerprint density at radius 3 is 2.50 bits per heavy atom. The molecule has 2 N–H and O–H groups in total. The maximum Gasteiger partial charge on any atom is 0.445 e. The second-order valence-electron chi connectivity index (χ2n) is 3.15. The topological polar surface area (TPSA) is 84.0 Å². The summed E-state index contributed by atoms with van der Waals surface area (Å²) in [5.41, 5.74) is 0. The molecular formula is C7H11F3N4O2S2. The van der Waals surface area contributed by atoms with Gasteiger partial charge in [0.25, 0.3) is 0 Å². The molecule has 0 atom stereocenters. The smallest absolute Gasteiger partial charge is 0.359 e. The number of hydrogen-bond donors (Lipinski definition) is 2. The summed E-state index contributed by atoms with van der Waals surface area (Å²) in [6.45, 7) is 1.85. The van der Waals surface area contributed by atoms with Crippen LogP contribution in [0, 0.1) is 0 Å². The second kappa shape index (κ2) is 5.80. The van der Waals surface area contributed by atoms with E-state index in [0.29, 0.717) is 11.3 Å². The van der Waals surface area contributed by atoms with Crippen molar-refractivity contribution in [1.29, 1.82) is 0 Å². The first-order valence-corrected chi connectivity index (χ1v) is 7.33. The number of aromatic nitrogens is 2. The van der Waals surface area contributed by atoms with Gasteiger partial charge in [0.2, 0.25) is 20.2 Å². The zero-order valence-electron chi connectivity index (χ0n) is 9.28. The van der Waals surface area contributed by atoms with Crippen molar-refractivity contribution in [3.05, 3.63) is 5.01 Å². The van der Waals surface area contributed by atoms with Crippen molar-refractivity contribution in [1.82, 2.24) is 14.9 Å². The Kier molecular flexibility index (Phi) is 4.87. The molecule has 104 valence electrons. The molecule has 0 saturated carbocycles. The van der Waals surface area contributed by atoms with Crippen molar-refractivity contribution in [3.63, 3.8) is 0 Å². The molecule has 0 amide bonds. The summed E-state index contributed by atoms with van der Waals surface area (Å²) in [6, 6.07) is 0. The first-order valence-electron chi connectivity index (χ1n) is 4.86. The van der Waals surface area contributed by atoms with Crippen LogP contribution in [0.15, 0.2) is 0 Å². The average molecular weight is 304 g/mol. The van der Waals surface area contributed by atoms with Crippen LogP contribution in [0.4, 0.5) is 18.3 Å². The molecule has 0 aliphatic carbocycles. The molecule has 0 aliphatic rings. The van der Waals surface area contributed by atoms with Crippen LogP contribution in [0.2, 0.25) is 0 Å². The van der Waals surface area contributed by atoms with Crippen molar-refractivity contribution in [2.45, 2.75) is 13.1 Å². The van der Waals surface area contributed by atoms with Gasteiger partial charge in [-0.25, -0.2) is 13.1 Å². The van der Waals surface area contributed by atoms with Gasteiger partial charge in [0.1, 0.15) is 0 Å². The number of rotatable bonds is 6. The molecule has 0 spiro atoms. The molecule has 0 aliphatic heterocycles. The van der Waals surface area contributed by atoms with Gasteiger partial charge >= 0.3 is 6.18 Å². The highest BCUT2D eigenvalue weighted by Crippen LogP contribution is 2.32. The Bertz CT molecular complexity index is 485. The highest BCUT2D eigenvalue weighted by atomic mass is 32.2. The monoisotopic (exact) mass is 304 g/mol. The van der Waals surface area contributed by atoms with E-state index in [1.807, 2.05) is 0 Å². The molecule has 1 rings (SSSR count). The predicted molar refractivity (Wildman–Crippen MR) is 60.9 cm³/mol. The third-order valence-electron chi connectivity index (χ3n) is 1.68. The van der Waals surface area contributed by atoms with Gasteiger partial charge in [-0.1, -0.05) is 18.3 Å². The number of anilines is 1. The number of hydrogen-bond acceptors (Lipinski definition) is 6. The van der Waals surface area contributed by atoms with Crippen molar-refractivity contribution in [2.75, 3.05) is 24.2 Å². The van der Waals surface area contributed by atoms with Crippen LogP contribution in [0.1, 0.15) is 11.9 Å². The van der Waals surface area contributed by atoms with Crippen LogP contribution in [0.3, 0.4) is 0 Å². The quantitative estimate of drug-likeness (QED) is 0.816. The molecule has 0 aromatic carbocycles. The molecule has 1 aromatic rings. The Morgan fingerprint density at radius 2 is 2.00 bits per heavy atom. The fourth-order valence-corrected chi connectivity index (χ4v) is 2.58. The van der Waals surface area contributed by atoms with Gasteiger partial charge in [-0.15, -0.1) is 10.2 Å². The maximum absolute atomic E-state index is 12.2. The van der Waals surface area contributed by atoms with Gasteiger partial charge in [0.05, 0.1) is 5.75 Å². The maximum atomic E-state index is 12.2. The third-order valence-corrected chi connectivity index (χ3v) is 4.07. The minimum absolute atomic E-state index is 0.0399. The Balaban J connectivity index is 2.48. The fourth-order valence-electron chi connectivity index (χ4n) is 0.994. The first kappa shape index (κ1) is 15.1. The van der Waals surface area contributed by atoms with Crippen LogP contribution >= 0.6 is 11.3 Å². The number of sulfonamides is 1. The molecule has 18 heavy (non-hydrogen) atoms. The van der Waals surface area contributed by atoms with Crippen LogP contribution in [0.25, 0.3) is 0 Å². The molecule has 1 heterocycles. The van der Waals surface area contributed by atoms with Gasteiger partial charge < -0.3 is 5.32 Å². The van der Waals surface area contributed by atoms with Crippen molar-refractivity contribution in [2.24, 2.45) is 0 Å². The van der Waals surface area contributed by atoms with Crippen LogP contribution in [-0.4, -0.2) is 37.5 Å². The highest BCUT2D eigenvalue weighted by molar-refractivity contribution is 7.89. The van der Waals surface area contributed by atoms with Crippen molar-refractivity contribution < 1.29 is 21.6 Å². The van der Waals surface area contributed by atoms with Crippen LogP contribution in [-0.2, 0) is 16.2 Å². The molecular weight excluding hydrogens is 293 g/mol. The van der Waals surface area contributed by atoms with Gasteiger partial charge in [0, 0.05) is 13.1 Å². The molecule has 0 saturated heterocycles. The summed E-state index contributed by atoms with van der Waals surface area (Å²) >= 11 is 0.330. The fraction of sp³-hybridized carbons (Fsp3) is 0.714. The third kappa shape index (κ3) is 4.74. The lowest BCUT2D eigenvalue weighted by molar-refractivity contribution is -0.138. The summed E-state index contributed by atoms with van der Waals surface area (Å²) in [5, 5.41) is 7.57. The van der Waals surface area contributed by atoms with E-state index in [1.165, 1.54) is 0 Å². The van der Waals surface area contributed by atoms with E-state index in [4.69, 9.17) is 0 Å². The number of nitrogens with one attached hydrogen (secondary N) is 2. The largest absolute Gasteiger partial charge is 0.445 e. The normalized spacial score (nSPS) is 12.7. The molecule has 1 aromatic heterocycles. The Hall–Kier alpha value is -0.940. The van der Waals surface area contributed by atoms with Crippen molar-refractivity contribution in [3.8, 4) is 0 Å². The first-order chi connectivity index (χ1) is 8.24. The van der Waals surface area contributed by atoms with Gasteiger partial charge in [0.15, 0.2) is 0 Å². The van der Waals surface area contributed by atoms with E-state index in [2.05, 4.69) is 20.2 Å². The second-order valence-corrected chi connectivity index (χ2v) is 6.06. The molecule has 6 nitrogen and oxygen atoms in total. The van der Waals surface area contributed by atoms with Crippen LogP contribution < -0.4 is 10.0 Å². The minimum atomic E-state index is -4.53. The molecule has 0 bridgehead atoms. The van der Waals surface area contributed by atoms with E-state index in [0.717, 1.165) is 0 Å². The molecule has 11 heteroatoms. The van der Waals surface area contributed by atoms with Gasteiger partial charge in [-0.3, -0.25) is 0 Å². The number of nitrogens with zero attached hydrogens (tertiary/aromatic N) is 2. The van der Waals surface area contributed by atoms with E-state index < -0.39 is 21.2 Å². The summed E-state index contributed by atoms with van der Waals surface area (Å²) in [5.74, 6) is -0.248. The molecule has 0 fully saturated rings. The number of alkyl halides is 3. The minimum Gasteiger partial charge on any atom is -0.359 e. The average Bonchev–Trinajstić information content (AvgIpc) is 2.65. The van der Waals surface area contributed by atoms with E-state index in [-0.39, 0.29) is 24.0 Å². The number of halogens is 3. The van der Waals surface area contributed by atoms with Gasteiger partial charge in [-0.05, 0) is 0 Å². The molecule has 0 radical (unpaired) electrons. The SMILES string of the molecule is CCNS(=O)(=O)CCNc1nnc(C(F)(F)F)s1. The Morgan fingerprint density at radius 1 is 1.33 bits per heavy atom. The van der Waals surface area contributed by atoms with E-state index in [1.54, 1.807) is 6.92 Å². The predicted octanol–water partition coefficient (Wildman–Crippen LogP) is 0.908. The van der Waals surface area contributed by atoms with Gasteiger partial charge in [-0.2, -0.15) is 13.2 Å². The molecule has 0 unspecified atom stereocenters. The highest BCUT2D eigenvalue weighted by Gasteiger charge is 2.35. The Labute approximate surface area is 106 Å². The lowest BCUT2D eigenvalue weighted by Crippen LogP contribution is -2.29. The summed E-state index contributed by atoms with van der Waals surface area (Å²) in [4.78, 5) is 0. The standard InChI is InChI=1S/C7H11F3N4O2S2/c1-2-12-18(15,16)4-3-11-6-14-13-5(17-6)7(8,9)10/h12H,2-4H2,1H3,(H,11,14). The summed E-state index contributed by atoms with van der Waals surface area (Å²) in [6.07, 6.45) is -4.53. The summed E-state index contributed by atoms with van der Waals surface area (Å²) < 4.78 is 61.3. The lowest BCUT2D eigenvalue weighted by Gasteiger charge is -2.04. The van der Waals surface area contributed by atoms with E-state index >= 15 is 0 Å². The van der Waals surface area contributed by atoms with E-state index in [9.17, 15) is 21.6 Å². The van der Waals surface area contributed by atoms with Crippen molar-refractivity contribution >= 4 is 26.5 Å². The zero-order valence-corrected chi connectivity index (χ0v) is 10.9. The van der Waals surface area contributed by atoms with Crippen LogP contribution in [0.5, 0.6) is 0 Å². The summed E-state index contributed by atoms with van der Waals surface area (Å²) in [7, 11) is -3.40. The zero-order chi connectivity index (χ0) is 13.8.